The van der Waals surface area contributed by atoms with E-state index < -0.39 is 17.7 Å². The SMILES string of the molecule is CCn1cc(CCN2C[C@@H](O)C[C@@H]2c2cc(F)ccc2F)cn1. The monoisotopic (exact) mass is 321 g/mol. The van der Waals surface area contributed by atoms with E-state index in [0.29, 0.717) is 25.1 Å². The fraction of sp³-hybridized carbons (Fsp3) is 0.471. The average Bonchev–Trinajstić information content (AvgIpc) is 3.13. The van der Waals surface area contributed by atoms with Crippen molar-refractivity contribution in [3.8, 4) is 0 Å². The minimum Gasteiger partial charge on any atom is -0.392 e. The summed E-state index contributed by atoms with van der Waals surface area (Å²) in [5.74, 6) is -0.874. The van der Waals surface area contributed by atoms with E-state index in [0.717, 1.165) is 30.7 Å². The van der Waals surface area contributed by atoms with E-state index in [1.807, 2.05) is 28.9 Å². The molecule has 1 aliphatic rings. The minimum absolute atomic E-state index is 0.290. The Morgan fingerprint density at radius 3 is 2.91 bits per heavy atom. The van der Waals surface area contributed by atoms with Gasteiger partial charge in [0.1, 0.15) is 11.6 Å². The number of aryl methyl sites for hydroxylation is 1. The first-order valence-corrected chi connectivity index (χ1v) is 7.95. The Bertz CT molecular complexity index is 674. The van der Waals surface area contributed by atoms with Crippen LogP contribution >= 0.6 is 0 Å². The summed E-state index contributed by atoms with van der Waals surface area (Å²) in [4.78, 5) is 2.02. The summed E-state index contributed by atoms with van der Waals surface area (Å²) in [5, 5.41) is 14.2. The average molecular weight is 321 g/mol. The third-order valence-corrected chi connectivity index (χ3v) is 4.40. The van der Waals surface area contributed by atoms with Crippen LogP contribution in [0.3, 0.4) is 0 Å². The molecule has 124 valence electrons. The summed E-state index contributed by atoms with van der Waals surface area (Å²) in [6.07, 6.45) is 4.49. The summed E-state index contributed by atoms with van der Waals surface area (Å²) in [6, 6.07) is 3.22. The molecule has 1 aliphatic heterocycles. The molecule has 1 aromatic heterocycles. The molecule has 3 rings (SSSR count). The second kappa shape index (κ2) is 6.76. The highest BCUT2D eigenvalue weighted by molar-refractivity contribution is 5.24. The van der Waals surface area contributed by atoms with Crippen molar-refractivity contribution in [1.82, 2.24) is 14.7 Å². The molecule has 1 saturated heterocycles. The molecule has 0 unspecified atom stereocenters. The molecule has 4 nitrogen and oxygen atoms in total. The van der Waals surface area contributed by atoms with Gasteiger partial charge in [-0.1, -0.05) is 0 Å². The van der Waals surface area contributed by atoms with Crippen LogP contribution in [0.4, 0.5) is 8.78 Å². The van der Waals surface area contributed by atoms with Crippen LogP contribution in [-0.4, -0.2) is 39.0 Å². The number of aromatic nitrogens is 2. The van der Waals surface area contributed by atoms with Crippen LogP contribution in [0.1, 0.15) is 30.5 Å². The maximum absolute atomic E-state index is 14.0. The first-order valence-electron chi connectivity index (χ1n) is 7.95. The molecule has 0 bridgehead atoms. The van der Waals surface area contributed by atoms with E-state index in [4.69, 9.17) is 0 Å². The van der Waals surface area contributed by atoms with E-state index in [-0.39, 0.29) is 6.04 Å². The van der Waals surface area contributed by atoms with Gasteiger partial charge in [0.25, 0.3) is 0 Å². The van der Waals surface area contributed by atoms with E-state index >= 15 is 0 Å². The standard InChI is InChI=1S/C17H21F2N3O/c1-2-22-10-12(9-20-22)5-6-21-11-14(23)8-17(21)15-7-13(18)3-4-16(15)19/h3-4,7,9-10,14,17,23H,2,5-6,8,11H2,1H3/t14-,17+/m0/s1. The molecule has 2 aromatic rings. The zero-order chi connectivity index (χ0) is 16.4. The molecule has 0 radical (unpaired) electrons. The molecule has 6 heteroatoms. The van der Waals surface area contributed by atoms with Crippen LogP contribution < -0.4 is 0 Å². The van der Waals surface area contributed by atoms with E-state index in [1.54, 1.807) is 0 Å². The van der Waals surface area contributed by atoms with Crippen molar-refractivity contribution in [1.29, 1.82) is 0 Å². The maximum atomic E-state index is 14.0. The molecule has 0 saturated carbocycles. The smallest absolute Gasteiger partial charge is 0.128 e. The van der Waals surface area contributed by atoms with Crippen LogP contribution in [0.5, 0.6) is 0 Å². The number of nitrogens with zero attached hydrogens (tertiary/aromatic N) is 3. The molecule has 2 heterocycles. The summed E-state index contributed by atoms with van der Waals surface area (Å²) < 4.78 is 29.4. The van der Waals surface area contributed by atoms with Gasteiger partial charge in [0.2, 0.25) is 0 Å². The largest absolute Gasteiger partial charge is 0.392 e. The molecular formula is C17H21F2N3O. The number of halogens is 2. The van der Waals surface area contributed by atoms with Gasteiger partial charge in [0.15, 0.2) is 0 Å². The lowest BCUT2D eigenvalue weighted by molar-refractivity contribution is 0.175. The molecule has 0 aliphatic carbocycles. The van der Waals surface area contributed by atoms with Crippen LogP contribution in [0, 0.1) is 11.6 Å². The van der Waals surface area contributed by atoms with Gasteiger partial charge >= 0.3 is 0 Å². The second-order valence-electron chi connectivity index (χ2n) is 6.02. The normalized spacial score (nSPS) is 21.9. The number of rotatable bonds is 5. The molecule has 1 N–H and O–H groups in total. The Kier molecular flexibility index (Phi) is 4.73. The maximum Gasteiger partial charge on any atom is 0.128 e. The predicted octanol–water partition coefficient (Wildman–Crippen LogP) is 2.53. The highest BCUT2D eigenvalue weighted by Gasteiger charge is 2.33. The minimum atomic E-state index is -0.513. The van der Waals surface area contributed by atoms with Gasteiger partial charge in [-0.05, 0) is 43.5 Å². The zero-order valence-corrected chi connectivity index (χ0v) is 13.1. The molecule has 0 amide bonds. The Morgan fingerprint density at radius 2 is 2.17 bits per heavy atom. The van der Waals surface area contributed by atoms with Crippen molar-refractivity contribution in [3.63, 3.8) is 0 Å². The Hall–Kier alpha value is -1.79. The molecule has 1 fully saturated rings. The van der Waals surface area contributed by atoms with E-state index in [1.165, 1.54) is 6.07 Å². The third kappa shape index (κ3) is 3.59. The number of β-amino-alcohol motifs (C(OH)–C–C–N with tert-alkyl or cyclic N) is 1. The lowest BCUT2D eigenvalue weighted by Gasteiger charge is -2.24. The lowest BCUT2D eigenvalue weighted by Crippen LogP contribution is -2.27. The summed E-state index contributed by atoms with van der Waals surface area (Å²) in [7, 11) is 0. The number of aliphatic hydroxyl groups excluding tert-OH is 1. The van der Waals surface area contributed by atoms with Crippen molar-refractivity contribution < 1.29 is 13.9 Å². The molecule has 23 heavy (non-hydrogen) atoms. The Morgan fingerprint density at radius 1 is 1.35 bits per heavy atom. The van der Waals surface area contributed by atoms with Crippen molar-refractivity contribution in [2.24, 2.45) is 0 Å². The Labute approximate surface area is 134 Å². The first-order chi connectivity index (χ1) is 11.1. The number of likely N-dealkylation sites (tertiary alicyclic amines) is 1. The molecule has 1 aromatic carbocycles. The second-order valence-corrected chi connectivity index (χ2v) is 6.02. The topological polar surface area (TPSA) is 41.3 Å². The highest BCUT2D eigenvalue weighted by atomic mass is 19.1. The first kappa shape index (κ1) is 16.1. The van der Waals surface area contributed by atoms with Crippen molar-refractivity contribution in [2.75, 3.05) is 13.1 Å². The number of hydrogen-bond acceptors (Lipinski definition) is 3. The predicted molar refractivity (Wildman–Crippen MR) is 82.9 cm³/mol. The molecular weight excluding hydrogens is 300 g/mol. The fourth-order valence-electron chi connectivity index (χ4n) is 3.20. The lowest BCUT2D eigenvalue weighted by atomic mass is 10.0. The van der Waals surface area contributed by atoms with Gasteiger partial charge in [-0.15, -0.1) is 0 Å². The third-order valence-electron chi connectivity index (χ3n) is 4.40. The highest BCUT2D eigenvalue weighted by Crippen LogP contribution is 2.34. The zero-order valence-electron chi connectivity index (χ0n) is 13.1. The van der Waals surface area contributed by atoms with Gasteiger partial charge in [-0.25, -0.2) is 8.78 Å². The van der Waals surface area contributed by atoms with Crippen LogP contribution in [-0.2, 0) is 13.0 Å². The fourth-order valence-corrected chi connectivity index (χ4v) is 3.20. The van der Waals surface area contributed by atoms with Crippen molar-refractivity contribution >= 4 is 0 Å². The number of aliphatic hydroxyl groups is 1. The summed E-state index contributed by atoms with van der Waals surface area (Å²) >= 11 is 0. The molecule has 2 atom stereocenters. The van der Waals surface area contributed by atoms with Gasteiger partial charge in [0, 0.05) is 37.4 Å². The quantitative estimate of drug-likeness (QED) is 0.920. The van der Waals surface area contributed by atoms with Gasteiger partial charge in [-0.3, -0.25) is 9.58 Å². The van der Waals surface area contributed by atoms with Gasteiger partial charge in [-0.2, -0.15) is 5.10 Å². The number of hydrogen-bond donors (Lipinski definition) is 1. The van der Waals surface area contributed by atoms with Crippen LogP contribution in [0.2, 0.25) is 0 Å². The van der Waals surface area contributed by atoms with Gasteiger partial charge in [0.05, 0.1) is 12.3 Å². The summed E-state index contributed by atoms with van der Waals surface area (Å²) in [6.45, 7) is 3.99. The molecule has 0 spiro atoms. The van der Waals surface area contributed by atoms with Crippen molar-refractivity contribution in [2.45, 2.75) is 38.5 Å². The van der Waals surface area contributed by atoms with Crippen molar-refractivity contribution in [3.05, 3.63) is 53.4 Å². The van der Waals surface area contributed by atoms with Crippen LogP contribution in [0.15, 0.2) is 30.6 Å². The summed E-state index contributed by atoms with van der Waals surface area (Å²) in [5.41, 5.74) is 1.43. The van der Waals surface area contributed by atoms with Gasteiger partial charge < -0.3 is 5.11 Å². The van der Waals surface area contributed by atoms with Crippen LogP contribution in [0.25, 0.3) is 0 Å². The van der Waals surface area contributed by atoms with E-state index in [2.05, 4.69) is 5.10 Å². The van der Waals surface area contributed by atoms with E-state index in [9.17, 15) is 13.9 Å². The number of benzene rings is 1. The Balaban J connectivity index is 1.73.